The number of hydrogen-bond donors (Lipinski definition) is 0. The van der Waals surface area contributed by atoms with Crippen LogP contribution in [0.15, 0.2) is 41.0 Å². The fraction of sp³-hybridized carbons (Fsp3) is 0.448. The summed E-state index contributed by atoms with van der Waals surface area (Å²) in [5.74, 6) is 0.852. The van der Waals surface area contributed by atoms with Crippen LogP contribution in [0.2, 0.25) is 5.02 Å². The van der Waals surface area contributed by atoms with E-state index >= 15 is 0 Å². The molecule has 0 spiro atoms. The Morgan fingerprint density at radius 2 is 1.89 bits per heavy atom. The molecular formula is C29H31ClN2O3. The Morgan fingerprint density at radius 1 is 1.09 bits per heavy atom. The average Bonchev–Trinajstić information content (AvgIpc) is 3.40. The SMILES string of the molecule is C[C@H]1CC[C@@H](C2=NC3=C(C2)c2cc4c(cc2CC3)-c2ccc(Cl)cc2OC4)N1C(=O)OC(C)(C)C. The van der Waals surface area contributed by atoms with Crippen molar-refractivity contribution in [2.75, 3.05) is 0 Å². The van der Waals surface area contributed by atoms with Gasteiger partial charge in [-0.25, -0.2) is 4.79 Å². The predicted molar refractivity (Wildman–Crippen MR) is 139 cm³/mol. The van der Waals surface area contributed by atoms with Crippen LogP contribution in [-0.2, 0) is 17.8 Å². The molecule has 0 radical (unpaired) electrons. The Labute approximate surface area is 211 Å². The maximum atomic E-state index is 13.0. The summed E-state index contributed by atoms with van der Waals surface area (Å²) in [6.07, 6.45) is 4.38. The Hall–Kier alpha value is -2.79. The summed E-state index contributed by atoms with van der Waals surface area (Å²) >= 11 is 6.19. The largest absolute Gasteiger partial charge is 0.488 e. The smallest absolute Gasteiger partial charge is 0.411 e. The number of aliphatic imine (C=N–C) groups is 1. The summed E-state index contributed by atoms with van der Waals surface area (Å²) in [6.45, 7) is 8.41. The van der Waals surface area contributed by atoms with Gasteiger partial charge in [0.2, 0.25) is 0 Å². The number of ether oxygens (including phenoxy) is 2. The maximum absolute atomic E-state index is 13.0. The van der Waals surface area contributed by atoms with Crippen molar-refractivity contribution in [1.29, 1.82) is 0 Å². The van der Waals surface area contributed by atoms with Crippen molar-refractivity contribution in [2.24, 2.45) is 4.99 Å². The van der Waals surface area contributed by atoms with Gasteiger partial charge in [0.05, 0.1) is 6.04 Å². The summed E-state index contributed by atoms with van der Waals surface area (Å²) in [6, 6.07) is 10.7. The summed E-state index contributed by atoms with van der Waals surface area (Å²) in [7, 11) is 0. The minimum absolute atomic E-state index is 0.00601. The first-order valence-electron chi connectivity index (χ1n) is 12.6. The monoisotopic (exact) mass is 490 g/mol. The highest BCUT2D eigenvalue weighted by Crippen LogP contribution is 2.46. The van der Waals surface area contributed by atoms with Crippen LogP contribution in [0.25, 0.3) is 16.7 Å². The third-order valence-electron chi connectivity index (χ3n) is 7.54. The van der Waals surface area contributed by atoms with E-state index in [1.807, 2.05) is 37.8 Å². The number of rotatable bonds is 1. The Kier molecular flexibility index (Phi) is 5.26. The predicted octanol–water partition coefficient (Wildman–Crippen LogP) is 7.19. The number of halogens is 1. The number of likely N-dealkylation sites (tertiary alicyclic amines) is 1. The lowest BCUT2D eigenvalue weighted by atomic mass is 9.83. The molecule has 1 fully saturated rings. The lowest BCUT2D eigenvalue weighted by Crippen LogP contribution is -2.46. The molecular weight excluding hydrogens is 460 g/mol. The molecule has 0 saturated carbocycles. The molecule has 0 bridgehead atoms. The van der Waals surface area contributed by atoms with Crippen LogP contribution < -0.4 is 4.74 Å². The topological polar surface area (TPSA) is 51.1 Å². The van der Waals surface area contributed by atoms with Gasteiger partial charge in [0.25, 0.3) is 0 Å². The second-order valence-corrected chi connectivity index (χ2v) is 11.6. The minimum Gasteiger partial charge on any atom is -0.488 e. The van der Waals surface area contributed by atoms with Gasteiger partial charge in [-0.15, -0.1) is 0 Å². The zero-order valence-corrected chi connectivity index (χ0v) is 21.5. The van der Waals surface area contributed by atoms with E-state index in [2.05, 4.69) is 25.1 Å². The zero-order chi connectivity index (χ0) is 24.5. The molecule has 0 N–H and O–H groups in total. The highest BCUT2D eigenvalue weighted by atomic mass is 35.5. The maximum Gasteiger partial charge on any atom is 0.411 e. The van der Waals surface area contributed by atoms with Gasteiger partial charge in [0, 0.05) is 34.5 Å². The normalized spacial score (nSPS) is 22.7. The molecule has 1 aliphatic carbocycles. The van der Waals surface area contributed by atoms with Crippen LogP contribution in [0.5, 0.6) is 5.75 Å². The Balaban J connectivity index is 1.29. The zero-order valence-electron chi connectivity index (χ0n) is 20.8. The van der Waals surface area contributed by atoms with Crippen molar-refractivity contribution in [3.63, 3.8) is 0 Å². The first kappa shape index (κ1) is 22.7. The number of carbonyl (C=O) groups is 1. The molecule has 0 unspecified atom stereocenters. The fourth-order valence-corrected chi connectivity index (χ4v) is 6.10. The lowest BCUT2D eigenvalue weighted by molar-refractivity contribution is 0.0205. The molecule has 0 aromatic heterocycles. The Bertz CT molecular complexity index is 1300. The van der Waals surface area contributed by atoms with E-state index in [1.165, 1.54) is 33.5 Å². The van der Waals surface area contributed by atoms with Gasteiger partial charge in [-0.1, -0.05) is 11.6 Å². The number of fused-ring (bicyclic) bond motifs is 5. The van der Waals surface area contributed by atoms with E-state index in [0.717, 1.165) is 49.1 Å². The molecule has 3 aliphatic heterocycles. The van der Waals surface area contributed by atoms with E-state index in [1.54, 1.807) is 0 Å². The van der Waals surface area contributed by atoms with Crippen molar-refractivity contribution in [3.05, 3.63) is 57.7 Å². The van der Waals surface area contributed by atoms with Gasteiger partial charge >= 0.3 is 6.09 Å². The molecule has 2 aromatic rings. The van der Waals surface area contributed by atoms with Crippen molar-refractivity contribution >= 4 is 29.0 Å². The lowest BCUT2D eigenvalue weighted by Gasteiger charge is -2.31. The molecule has 2 aromatic carbocycles. The molecule has 2 atom stereocenters. The third-order valence-corrected chi connectivity index (χ3v) is 7.78. The quantitative estimate of drug-likeness (QED) is 0.425. The van der Waals surface area contributed by atoms with Crippen LogP contribution in [0.4, 0.5) is 4.79 Å². The fourth-order valence-electron chi connectivity index (χ4n) is 5.94. The van der Waals surface area contributed by atoms with Crippen LogP contribution in [-0.4, -0.2) is 34.4 Å². The molecule has 1 saturated heterocycles. The van der Waals surface area contributed by atoms with E-state index < -0.39 is 5.60 Å². The van der Waals surface area contributed by atoms with Crippen LogP contribution in [0.3, 0.4) is 0 Å². The number of amides is 1. The number of allylic oxidation sites excluding steroid dienone is 2. The van der Waals surface area contributed by atoms with Gasteiger partial charge < -0.3 is 9.47 Å². The molecule has 3 heterocycles. The van der Waals surface area contributed by atoms with E-state index in [-0.39, 0.29) is 18.2 Å². The summed E-state index contributed by atoms with van der Waals surface area (Å²) in [4.78, 5) is 20.1. The summed E-state index contributed by atoms with van der Waals surface area (Å²) < 4.78 is 11.8. The molecule has 182 valence electrons. The summed E-state index contributed by atoms with van der Waals surface area (Å²) in [5.41, 5.74) is 9.29. The molecule has 35 heavy (non-hydrogen) atoms. The van der Waals surface area contributed by atoms with Crippen molar-refractivity contribution in [1.82, 2.24) is 4.90 Å². The number of hydrogen-bond acceptors (Lipinski definition) is 4. The highest BCUT2D eigenvalue weighted by molar-refractivity contribution is 6.30. The van der Waals surface area contributed by atoms with Crippen LogP contribution >= 0.6 is 11.6 Å². The highest BCUT2D eigenvalue weighted by Gasteiger charge is 2.41. The summed E-state index contributed by atoms with van der Waals surface area (Å²) in [5, 5.41) is 0.692. The number of carbonyl (C=O) groups excluding carboxylic acids is 1. The van der Waals surface area contributed by atoms with Gasteiger partial charge in [0.1, 0.15) is 18.0 Å². The van der Waals surface area contributed by atoms with E-state index in [9.17, 15) is 4.79 Å². The molecule has 5 nitrogen and oxygen atoms in total. The van der Waals surface area contributed by atoms with Crippen molar-refractivity contribution in [2.45, 2.75) is 84.1 Å². The molecule has 1 amide bonds. The van der Waals surface area contributed by atoms with Gasteiger partial charge in [-0.2, -0.15) is 0 Å². The number of nitrogens with zero attached hydrogens (tertiary/aromatic N) is 2. The third kappa shape index (κ3) is 3.94. The average molecular weight is 491 g/mol. The van der Waals surface area contributed by atoms with Crippen molar-refractivity contribution in [3.8, 4) is 16.9 Å². The number of aryl methyl sites for hydroxylation is 1. The molecule has 6 rings (SSSR count). The van der Waals surface area contributed by atoms with Gasteiger partial charge in [-0.05, 0) is 112 Å². The number of benzene rings is 2. The second kappa shape index (κ2) is 8.12. The molecule has 6 heteroatoms. The van der Waals surface area contributed by atoms with Gasteiger partial charge in [0.15, 0.2) is 0 Å². The first-order chi connectivity index (χ1) is 16.7. The standard InChI is InChI=1S/C29H31ClN2O3/c1-16-5-10-26(32(16)28(33)35-29(2,3)4)25-14-23-21-12-18-15-34-27-13-19(30)7-8-20(27)22(18)11-17(21)6-9-24(23)31-25/h7-8,11-13,16,26H,5-6,9-10,14-15H2,1-4H3/t16-,26-/m0/s1. The minimum atomic E-state index is -0.511. The van der Waals surface area contributed by atoms with E-state index in [0.29, 0.717) is 11.6 Å². The second-order valence-electron chi connectivity index (χ2n) is 11.1. The Morgan fingerprint density at radius 3 is 2.69 bits per heavy atom. The van der Waals surface area contributed by atoms with E-state index in [4.69, 9.17) is 26.1 Å². The van der Waals surface area contributed by atoms with Gasteiger partial charge in [-0.3, -0.25) is 9.89 Å². The molecule has 4 aliphatic rings. The van der Waals surface area contributed by atoms with Crippen molar-refractivity contribution < 1.29 is 14.3 Å². The van der Waals surface area contributed by atoms with Crippen LogP contribution in [0, 0.1) is 0 Å². The van der Waals surface area contributed by atoms with Crippen LogP contribution in [0.1, 0.15) is 70.1 Å². The first-order valence-corrected chi connectivity index (χ1v) is 13.0.